The van der Waals surface area contributed by atoms with Gasteiger partial charge < -0.3 is 14.6 Å². The van der Waals surface area contributed by atoms with Crippen LogP contribution in [0.5, 0.6) is 0 Å². The highest BCUT2D eigenvalue weighted by Gasteiger charge is 2.36. The van der Waals surface area contributed by atoms with Gasteiger partial charge in [0.15, 0.2) is 0 Å². The van der Waals surface area contributed by atoms with Crippen LogP contribution in [0.25, 0.3) is 10.9 Å². The second-order valence-corrected chi connectivity index (χ2v) is 8.61. The zero-order chi connectivity index (χ0) is 24.9. The van der Waals surface area contributed by atoms with Crippen LogP contribution in [0.2, 0.25) is 0 Å². The molecule has 10 heteroatoms. The monoisotopic (exact) mass is 478 g/mol. The number of piperazine rings is 1. The Morgan fingerprint density at radius 1 is 1.00 bits per heavy atom. The second kappa shape index (κ2) is 8.62. The number of hydrogen-bond donors (Lipinski definition) is 1. The minimum Gasteiger partial charge on any atom is -0.477 e. The smallest absolute Gasteiger partial charge is 0.341 e. The number of hydrogen-bond acceptors (Lipinski definition) is 6. The van der Waals surface area contributed by atoms with E-state index in [0.717, 1.165) is 6.07 Å². The molecule has 1 N–H and O–H groups in total. The molecule has 1 fully saturated rings. The molecule has 5 rings (SSSR count). The number of anilines is 1. The van der Waals surface area contributed by atoms with Crippen LogP contribution in [-0.4, -0.2) is 70.1 Å². The molecule has 3 heterocycles. The van der Waals surface area contributed by atoms with Gasteiger partial charge >= 0.3 is 5.97 Å². The predicted molar refractivity (Wildman–Crippen MR) is 126 cm³/mol. The average molecular weight is 478 g/mol. The maximum absolute atomic E-state index is 15.1. The number of fused-ring (bicyclic) bond motifs is 2. The van der Waals surface area contributed by atoms with Gasteiger partial charge in [-0.25, -0.2) is 9.18 Å². The van der Waals surface area contributed by atoms with Crippen molar-refractivity contribution in [2.75, 3.05) is 37.7 Å². The van der Waals surface area contributed by atoms with Crippen LogP contribution in [0.1, 0.15) is 38.0 Å². The second-order valence-electron chi connectivity index (χ2n) is 8.61. The number of carbonyl (C=O) groups is 3. The van der Waals surface area contributed by atoms with Crippen LogP contribution in [0.3, 0.4) is 0 Å². The Morgan fingerprint density at radius 2 is 1.63 bits per heavy atom. The lowest BCUT2D eigenvalue weighted by molar-refractivity contribution is 0.0534. The van der Waals surface area contributed by atoms with Gasteiger partial charge in [0.25, 0.3) is 11.8 Å². The minimum atomic E-state index is -1.35. The lowest BCUT2D eigenvalue weighted by atomic mass is 10.1. The van der Waals surface area contributed by atoms with Gasteiger partial charge in [-0.2, -0.15) is 0 Å². The van der Waals surface area contributed by atoms with E-state index in [9.17, 15) is 24.3 Å². The molecular formula is C25H23FN4O5. The van der Waals surface area contributed by atoms with Crippen LogP contribution in [0, 0.1) is 5.82 Å². The van der Waals surface area contributed by atoms with Crippen LogP contribution in [0.15, 0.2) is 47.4 Å². The number of aromatic nitrogens is 1. The summed E-state index contributed by atoms with van der Waals surface area (Å²) in [6.07, 6.45) is 1.29. The zero-order valence-electron chi connectivity index (χ0n) is 19.0. The molecule has 2 amide bonds. The number of rotatable bonds is 5. The van der Waals surface area contributed by atoms with Crippen molar-refractivity contribution >= 4 is 34.4 Å². The van der Waals surface area contributed by atoms with Crippen molar-refractivity contribution in [2.24, 2.45) is 0 Å². The quantitative estimate of drug-likeness (QED) is 0.561. The molecule has 2 aliphatic rings. The maximum Gasteiger partial charge on any atom is 0.341 e. The largest absolute Gasteiger partial charge is 0.477 e. The Kier molecular flexibility index (Phi) is 5.60. The van der Waals surface area contributed by atoms with Crippen molar-refractivity contribution in [1.82, 2.24) is 14.4 Å². The SMILES string of the molecule is CCn1cc(C(=O)O)c(=O)c2cc(F)c(N3CCN(CN4C(=O)c5ccccc5C4=O)CC3)cc21. The van der Waals surface area contributed by atoms with Crippen LogP contribution >= 0.6 is 0 Å². The van der Waals surface area contributed by atoms with E-state index in [2.05, 4.69) is 0 Å². The molecule has 2 aliphatic heterocycles. The molecule has 3 aromatic rings. The topological polar surface area (TPSA) is 103 Å². The lowest BCUT2D eigenvalue weighted by Crippen LogP contribution is -2.51. The summed E-state index contributed by atoms with van der Waals surface area (Å²) in [5.74, 6) is -2.58. The van der Waals surface area contributed by atoms with E-state index in [1.807, 2.05) is 16.7 Å². The van der Waals surface area contributed by atoms with Crippen molar-refractivity contribution < 1.29 is 23.9 Å². The zero-order valence-corrected chi connectivity index (χ0v) is 19.0. The van der Waals surface area contributed by atoms with Crippen molar-refractivity contribution in [3.63, 3.8) is 0 Å². The molecule has 180 valence electrons. The Balaban J connectivity index is 1.35. The van der Waals surface area contributed by atoms with Crippen LogP contribution in [-0.2, 0) is 6.54 Å². The number of imide groups is 1. The average Bonchev–Trinajstić information content (AvgIpc) is 3.09. The highest BCUT2D eigenvalue weighted by Crippen LogP contribution is 2.27. The summed E-state index contributed by atoms with van der Waals surface area (Å²) in [5, 5.41) is 9.34. The fourth-order valence-electron chi connectivity index (χ4n) is 4.75. The summed E-state index contributed by atoms with van der Waals surface area (Å²) in [4.78, 5) is 54.3. The number of halogens is 1. The first-order valence-corrected chi connectivity index (χ1v) is 11.3. The Hall–Kier alpha value is -4.05. The first kappa shape index (κ1) is 22.7. The first-order chi connectivity index (χ1) is 16.8. The molecule has 0 atom stereocenters. The third-order valence-corrected chi connectivity index (χ3v) is 6.65. The standard InChI is InChI=1S/C25H23FN4O5/c1-2-28-13-18(25(34)35)22(31)17-11-19(26)21(12-20(17)28)29-9-7-27(8-10-29)14-30-23(32)15-5-3-4-6-16(15)24(30)33/h3-6,11-13H,2,7-10,14H2,1H3,(H,34,35). The summed E-state index contributed by atoms with van der Waals surface area (Å²) in [6, 6.07) is 9.43. The van der Waals surface area contributed by atoms with Crippen molar-refractivity contribution in [1.29, 1.82) is 0 Å². The Morgan fingerprint density at radius 3 is 2.20 bits per heavy atom. The van der Waals surface area contributed by atoms with E-state index >= 15 is 4.39 Å². The highest BCUT2D eigenvalue weighted by atomic mass is 19.1. The number of carboxylic acid groups (broad SMARTS) is 1. The van der Waals surface area contributed by atoms with Crippen molar-refractivity contribution in [3.8, 4) is 0 Å². The van der Waals surface area contributed by atoms with E-state index in [4.69, 9.17) is 0 Å². The molecule has 0 aliphatic carbocycles. The summed E-state index contributed by atoms with van der Waals surface area (Å²) in [7, 11) is 0. The minimum absolute atomic E-state index is 0.0252. The van der Waals surface area contributed by atoms with E-state index in [0.29, 0.717) is 55.1 Å². The van der Waals surface area contributed by atoms with Crippen molar-refractivity contribution in [3.05, 3.63) is 75.3 Å². The number of benzene rings is 2. The maximum atomic E-state index is 15.1. The molecule has 1 aromatic heterocycles. The van der Waals surface area contributed by atoms with Gasteiger partial charge in [0, 0.05) is 44.3 Å². The Bertz CT molecular complexity index is 1410. The van der Waals surface area contributed by atoms with Crippen LogP contribution < -0.4 is 10.3 Å². The van der Waals surface area contributed by atoms with Gasteiger partial charge in [-0.1, -0.05) is 12.1 Å². The van der Waals surface area contributed by atoms with Gasteiger partial charge in [-0.15, -0.1) is 0 Å². The molecule has 0 bridgehead atoms. The van der Waals surface area contributed by atoms with Gasteiger partial charge in [-0.3, -0.25) is 24.2 Å². The van der Waals surface area contributed by atoms with Crippen LogP contribution in [0.4, 0.5) is 10.1 Å². The number of aromatic carboxylic acids is 1. The number of aryl methyl sites for hydroxylation is 1. The normalized spacial score (nSPS) is 16.3. The fourth-order valence-corrected chi connectivity index (χ4v) is 4.75. The van der Waals surface area contributed by atoms with E-state index < -0.39 is 22.8 Å². The van der Waals surface area contributed by atoms with Gasteiger partial charge in [0.1, 0.15) is 11.4 Å². The predicted octanol–water partition coefficient (Wildman–Crippen LogP) is 2.23. The Labute approximate surface area is 199 Å². The lowest BCUT2D eigenvalue weighted by Gasteiger charge is -2.37. The molecule has 35 heavy (non-hydrogen) atoms. The molecule has 9 nitrogen and oxygen atoms in total. The molecule has 0 radical (unpaired) electrons. The summed E-state index contributed by atoms with van der Waals surface area (Å²) < 4.78 is 16.7. The summed E-state index contributed by atoms with van der Waals surface area (Å²) in [5.41, 5.74) is 0.487. The summed E-state index contributed by atoms with van der Waals surface area (Å²) >= 11 is 0. The fraction of sp³-hybridized carbons (Fsp3) is 0.280. The molecular weight excluding hydrogens is 455 g/mol. The molecule has 0 saturated carbocycles. The number of nitrogens with zero attached hydrogens (tertiary/aromatic N) is 4. The third kappa shape index (κ3) is 3.75. The number of carboxylic acids is 1. The molecule has 0 spiro atoms. The van der Waals surface area contributed by atoms with Gasteiger partial charge in [0.2, 0.25) is 5.43 Å². The van der Waals surface area contributed by atoms with E-state index in [-0.39, 0.29) is 23.9 Å². The number of pyridine rings is 1. The number of amides is 2. The third-order valence-electron chi connectivity index (χ3n) is 6.65. The molecule has 1 saturated heterocycles. The molecule has 2 aromatic carbocycles. The van der Waals surface area contributed by atoms with Gasteiger partial charge in [-0.05, 0) is 31.2 Å². The highest BCUT2D eigenvalue weighted by molar-refractivity contribution is 6.21. The van der Waals surface area contributed by atoms with Gasteiger partial charge in [0.05, 0.1) is 29.0 Å². The molecule has 0 unspecified atom stereocenters. The van der Waals surface area contributed by atoms with E-state index in [1.165, 1.54) is 11.1 Å². The first-order valence-electron chi connectivity index (χ1n) is 11.3. The number of carbonyl (C=O) groups excluding carboxylic acids is 2. The summed E-state index contributed by atoms with van der Waals surface area (Å²) in [6.45, 7) is 4.30. The van der Waals surface area contributed by atoms with Crippen molar-refractivity contribution in [2.45, 2.75) is 13.5 Å². The van der Waals surface area contributed by atoms with E-state index in [1.54, 1.807) is 34.9 Å².